The molecule has 9 heteroatoms. The van der Waals surface area contributed by atoms with Crippen molar-refractivity contribution >= 4 is 22.8 Å². The van der Waals surface area contributed by atoms with Crippen molar-refractivity contribution in [1.82, 2.24) is 24.6 Å². The Balaban J connectivity index is 1.60. The van der Waals surface area contributed by atoms with Gasteiger partial charge in [-0.1, -0.05) is 25.5 Å². The first-order chi connectivity index (χ1) is 16.0. The molecule has 178 valence electrons. The number of aliphatic hydroxyl groups is 1. The minimum absolute atomic E-state index is 0.0391. The molecule has 33 heavy (non-hydrogen) atoms. The van der Waals surface area contributed by atoms with Gasteiger partial charge in [0.15, 0.2) is 11.3 Å². The second-order valence-electron chi connectivity index (χ2n) is 8.83. The van der Waals surface area contributed by atoms with Crippen LogP contribution in [0.1, 0.15) is 43.7 Å². The maximum absolute atomic E-state index is 9.84. The van der Waals surface area contributed by atoms with Crippen LogP contribution in [0.25, 0.3) is 11.0 Å². The molecule has 0 spiro atoms. The summed E-state index contributed by atoms with van der Waals surface area (Å²) in [5, 5.41) is 14.6. The second kappa shape index (κ2) is 10.4. The van der Waals surface area contributed by atoms with E-state index in [4.69, 9.17) is 15.6 Å². The van der Waals surface area contributed by atoms with E-state index in [2.05, 4.69) is 40.0 Å². The van der Waals surface area contributed by atoms with Gasteiger partial charge >= 0.3 is 0 Å². The maximum atomic E-state index is 9.84. The minimum atomic E-state index is -0.0547. The molecule has 0 amide bonds. The van der Waals surface area contributed by atoms with Gasteiger partial charge in [0.05, 0.1) is 32.5 Å². The fourth-order valence-electron chi connectivity index (χ4n) is 4.59. The predicted octanol–water partition coefficient (Wildman–Crippen LogP) is 2.66. The molecule has 0 saturated carbocycles. The third-order valence-corrected chi connectivity index (χ3v) is 6.41. The van der Waals surface area contributed by atoms with Crippen LogP contribution in [0.2, 0.25) is 0 Å². The van der Waals surface area contributed by atoms with Crippen LogP contribution in [0, 0.1) is 0 Å². The summed E-state index contributed by atoms with van der Waals surface area (Å²) in [6, 6.07) is 6.37. The van der Waals surface area contributed by atoms with E-state index in [9.17, 15) is 5.11 Å². The van der Waals surface area contributed by atoms with Gasteiger partial charge in [-0.25, -0.2) is 4.98 Å². The van der Waals surface area contributed by atoms with E-state index in [-0.39, 0.29) is 18.6 Å². The van der Waals surface area contributed by atoms with Gasteiger partial charge in [-0.2, -0.15) is 10.1 Å². The summed E-state index contributed by atoms with van der Waals surface area (Å²) in [6.45, 7) is 5.97. The van der Waals surface area contributed by atoms with Gasteiger partial charge in [0.25, 0.3) is 0 Å². The van der Waals surface area contributed by atoms with Gasteiger partial charge in [-0.15, -0.1) is 0 Å². The van der Waals surface area contributed by atoms with Crippen molar-refractivity contribution in [1.29, 1.82) is 0 Å². The molecule has 1 saturated heterocycles. The fraction of sp³-hybridized carbons (Fsp3) is 0.542. The highest BCUT2D eigenvalue weighted by Crippen LogP contribution is 2.27. The number of fused-ring (bicyclic) bond motifs is 1. The lowest BCUT2D eigenvalue weighted by molar-refractivity contribution is 0.255. The summed E-state index contributed by atoms with van der Waals surface area (Å²) < 4.78 is 7.56. The Bertz CT molecular complexity index is 1080. The average Bonchev–Trinajstić information content (AvgIpc) is 3.46. The fourth-order valence-corrected chi connectivity index (χ4v) is 4.59. The molecule has 4 rings (SSSR count). The first-order valence-corrected chi connectivity index (χ1v) is 11.7. The van der Waals surface area contributed by atoms with E-state index < -0.39 is 0 Å². The number of hydrogen-bond donors (Lipinski definition) is 2. The zero-order valence-corrected chi connectivity index (χ0v) is 19.9. The zero-order chi connectivity index (χ0) is 23.4. The quantitative estimate of drug-likeness (QED) is 0.483. The SMILES string of the molecule is CCC[C@@H](CO)N(C)c1nc(N)nc2cn(Cc3ccc(CN4CCCC4)cc3OC)nc12. The number of benzene rings is 1. The molecule has 1 aliphatic rings. The van der Waals surface area contributed by atoms with Crippen molar-refractivity contribution in [2.24, 2.45) is 0 Å². The summed E-state index contributed by atoms with van der Waals surface area (Å²) in [6.07, 6.45) is 6.26. The molecule has 1 aromatic carbocycles. The average molecular weight is 454 g/mol. The molecule has 0 unspecified atom stereocenters. The number of ether oxygens (including phenoxy) is 1. The number of rotatable bonds is 10. The number of methoxy groups -OCH3 is 1. The second-order valence-corrected chi connectivity index (χ2v) is 8.83. The van der Waals surface area contributed by atoms with E-state index in [1.54, 1.807) is 7.11 Å². The Morgan fingerprint density at radius 2 is 2.00 bits per heavy atom. The van der Waals surface area contributed by atoms with Gasteiger partial charge < -0.3 is 20.5 Å². The third kappa shape index (κ3) is 5.20. The lowest BCUT2D eigenvalue weighted by Crippen LogP contribution is -2.35. The molecular formula is C24H35N7O2. The summed E-state index contributed by atoms with van der Waals surface area (Å²) in [5.74, 6) is 1.69. The van der Waals surface area contributed by atoms with Crippen molar-refractivity contribution in [2.45, 2.75) is 51.7 Å². The van der Waals surface area contributed by atoms with Crippen molar-refractivity contribution < 1.29 is 9.84 Å². The maximum Gasteiger partial charge on any atom is 0.222 e. The summed E-state index contributed by atoms with van der Waals surface area (Å²) >= 11 is 0. The number of nitrogens with zero attached hydrogens (tertiary/aromatic N) is 6. The van der Waals surface area contributed by atoms with Gasteiger partial charge in [-0.05, 0) is 44.0 Å². The van der Waals surface area contributed by atoms with Crippen LogP contribution in [0.4, 0.5) is 11.8 Å². The highest BCUT2D eigenvalue weighted by molar-refractivity contribution is 5.86. The monoisotopic (exact) mass is 453 g/mol. The zero-order valence-electron chi connectivity index (χ0n) is 19.9. The van der Waals surface area contributed by atoms with Gasteiger partial charge in [0.2, 0.25) is 5.95 Å². The lowest BCUT2D eigenvalue weighted by atomic mass is 10.1. The normalized spacial score (nSPS) is 15.3. The summed E-state index contributed by atoms with van der Waals surface area (Å²) in [5.41, 5.74) is 9.66. The van der Waals surface area contributed by atoms with Crippen LogP contribution in [0.15, 0.2) is 24.4 Å². The molecule has 9 nitrogen and oxygen atoms in total. The Hall–Kier alpha value is -2.91. The number of hydrogen-bond acceptors (Lipinski definition) is 8. The standard InChI is InChI=1S/C24H35N7O2/c1-4-7-19(16-32)29(2)23-22-20(26-24(25)27-23)15-31(28-22)14-18-9-8-17(12-21(18)33-3)13-30-10-5-6-11-30/h8-9,12,15,19,32H,4-7,10-11,13-14,16H2,1-3H3,(H2,25,26)/t19-/m0/s1. The predicted molar refractivity (Wildman–Crippen MR) is 131 cm³/mol. The number of aromatic nitrogens is 4. The van der Waals surface area contributed by atoms with Crippen molar-refractivity contribution in [3.8, 4) is 5.75 Å². The largest absolute Gasteiger partial charge is 0.496 e. The number of aliphatic hydroxyl groups excluding tert-OH is 1. The van der Waals surface area contributed by atoms with Crippen LogP contribution in [0.5, 0.6) is 5.75 Å². The highest BCUT2D eigenvalue weighted by atomic mass is 16.5. The third-order valence-electron chi connectivity index (χ3n) is 6.41. The minimum Gasteiger partial charge on any atom is -0.496 e. The van der Waals surface area contributed by atoms with Crippen molar-refractivity contribution in [3.05, 3.63) is 35.5 Å². The summed E-state index contributed by atoms with van der Waals surface area (Å²) in [7, 11) is 3.62. The molecule has 0 radical (unpaired) electrons. The van der Waals surface area contributed by atoms with E-state index >= 15 is 0 Å². The van der Waals surface area contributed by atoms with E-state index in [0.29, 0.717) is 23.4 Å². The van der Waals surface area contributed by atoms with Crippen LogP contribution >= 0.6 is 0 Å². The van der Waals surface area contributed by atoms with Crippen molar-refractivity contribution in [3.63, 3.8) is 0 Å². The number of likely N-dealkylation sites (tertiary alicyclic amines) is 1. The molecular weight excluding hydrogens is 418 g/mol. The molecule has 1 aliphatic heterocycles. The van der Waals surface area contributed by atoms with Crippen LogP contribution in [-0.2, 0) is 13.1 Å². The summed E-state index contributed by atoms with van der Waals surface area (Å²) in [4.78, 5) is 13.3. The van der Waals surface area contributed by atoms with Crippen LogP contribution < -0.4 is 15.4 Å². The van der Waals surface area contributed by atoms with Crippen molar-refractivity contribution in [2.75, 3.05) is 44.5 Å². The Labute approximate surface area is 195 Å². The Kier molecular flexibility index (Phi) is 7.29. The lowest BCUT2D eigenvalue weighted by Gasteiger charge is -2.27. The molecule has 3 heterocycles. The molecule has 3 aromatic rings. The van der Waals surface area contributed by atoms with Crippen LogP contribution in [-0.4, -0.2) is 69.7 Å². The molecule has 3 N–H and O–H groups in total. The molecule has 2 aromatic heterocycles. The number of nitrogens with two attached hydrogens (primary N) is 1. The van der Waals surface area contributed by atoms with Gasteiger partial charge in [0, 0.05) is 19.2 Å². The topological polar surface area (TPSA) is 106 Å². The first kappa shape index (κ1) is 23.3. The molecule has 0 aliphatic carbocycles. The smallest absolute Gasteiger partial charge is 0.222 e. The number of nitrogen functional groups attached to an aromatic ring is 1. The van der Waals surface area contributed by atoms with E-state index in [1.165, 1.54) is 31.5 Å². The molecule has 0 bridgehead atoms. The Morgan fingerprint density at radius 1 is 1.21 bits per heavy atom. The first-order valence-electron chi connectivity index (χ1n) is 11.7. The molecule has 1 fully saturated rings. The number of anilines is 2. The highest BCUT2D eigenvalue weighted by Gasteiger charge is 2.21. The van der Waals surface area contributed by atoms with Crippen LogP contribution in [0.3, 0.4) is 0 Å². The van der Waals surface area contributed by atoms with E-state index in [0.717, 1.165) is 30.7 Å². The van der Waals surface area contributed by atoms with Gasteiger partial charge in [0.1, 0.15) is 11.3 Å². The number of likely N-dealkylation sites (N-methyl/N-ethyl adjacent to an activating group) is 1. The molecule has 1 atom stereocenters. The van der Waals surface area contributed by atoms with Gasteiger partial charge in [-0.3, -0.25) is 9.58 Å². The van der Waals surface area contributed by atoms with E-state index in [1.807, 2.05) is 22.8 Å². The Morgan fingerprint density at radius 3 is 2.70 bits per heavy atom.